The van der Waals surface area contributed by atoms with Crippen molar-refractivity contribution in [1.29, 1.82) is 0 Å². The number of hydrogen-bond acceptors (Lipinski definition) is 1. The standard InChI is InChI=1S/C6H3Cl4N/c7-4-1-2-5(11-3-4)6(8,9)10/h1-3H. The SMILES string of the molecule is Clc1ccc(C(Cl)(Cl)Cl)nc1. The molecule has 5 heteroatoms. The molecule has 0 N–H and O–H groups in total. The van der Waals surface area contributed by atoms with Gasteiger partial charge in [0.25, 0.3) is 0 Å². The summed E-state index contributed by atoms with van der Waals surface area (Å²) in [4.78, 5) is 3.82. The Balaban J connectivity index is 2.99. The molecule has 1 heterocycles. The van der Waals surface area contributed by atoms with Crippen LogP contribution in [0.1, 0.15) is 5.69 Å². The number of rotatable bonds is 0. The molecule has 0 aliphatic rings. The van der Waals surface area contributed by atoms with Gasteiger partial charge in [0.1, 0.15) is 0 Å². The van der Waals surface area contributed by atoms with Crippen molar-refractivity contribution in [2.24, 2.45) is 0 Å². The molecular weight excluding hydrogens is 228 g/mol. The third-order valence-electron chi connectivity index (χ3n) is 1.02. The fourth-order valence-electron chi connectivity index (χ4n) is 0.544. The van der Waals surface area contributed by atoms with E-state index in [2.05, 4.69) is 4.98 Å². The Labute approximate surface area is 84.2 Å². The molecule has 0 unspecified atom stereocenters. The third-order valence-corrected chi connectivity index (χ3v) is 1.82. The Morgan fingerprint density at radius 2 is 1.82 bits per heavy atom. The summed E-state index contributed by atoms with van der Waals surface area (Å²) in [5, 5.41) is 0.517. The zero-order valence-corrected chi connectivity index (χ0v) is 8.21. The van der Waals surface area contributed by atoms with Gasteiger partial charge < -0.3 is 0 Å². The lowest BCUT2D eigenvalue weighted by Crippen LogP contribution is -2.02. The van der Waals surface area contributed by atoms with E-state index in [1.54, 1.807) is 12.1 Å². The molecular formula is C6H3Cl4N. The van der Waals surface area contributed by atoms with Gasteiger partial charge in [0.05, 0.1) is 10.7 Å². The van der Waals surface area contributed by atoms with Crippen LogP contribution in [-0.4, -0.2) is 4.98 Å². The minimum Gasteiger partial charge on any atom is -0.255 e. The second-order valence-electron chi connectivity index (χ2n) is 1.86. The normalized spacial score (nSPS) is 11.6. The van der Waals surface area contributed by atoms with Crippen molar-refractivity contribution in [1.82, 2.24) is 4.98 Å². The summed E-state index contributed by atoms with van der Waals surface area (Å²) in [6, 6.07) is 3.18. The highest BCUT2D eigenvalue weighted by Gasteiger charge is 2.23. The molecule has 1 aromatic heterocycles. The monoisotopic (exact) mass is 229 g/mol. The van der Waals surface area contributed by atoms with E-state index in [1.807, 2.05) is 0 Å². The van der Waals surface area contributed by atoms with Crippen molar-refractivity contribution in [2.45, 2.75) is 3.79 Å². The van der Waals surface area contributed by atoms with Gasteiger partial charge in [0.15, 0.2) is 0 Å². The molecule has 0 fully saturated rings. The van der Waals surface area contributed by atoms with Crippen LogP contribution in [-0.2, 0) is 3.79 Å². The van der Waals surface area contributed by atoms with Crippen molar-refractivity contribution in [2.75, 3.05) is 0 Å². The van der Waals surface area contributed by atoms with Crippen molar-refractivity contribution in [3.63, 3.8) is 0 Å². The van der Waals surface area contributed by atoms with Gasteiger partial charge in [0, 0.05) is 6.20 Å². The number of pyridine rings is 1. The second-order valence-corrected chi connectivity index (χ2v) is 4.58. The van der Waals surface area contributed by atoms with E-state index >= 15 is 0 Å². The molecule has 1 rings (SSSR count). The first-order valence-electron chi connectivity index (χ1n) is 2.69. The predicted molar refractivity (Wildman–Crippen MR) is 48.5 cm³/mol. The van der Waals surface area contributed by atoms with Gasteiger partial charge in [-0.1, -0.05) is 46.4 Å². The van der Waals surface area contributed by atoms with Crippen molar-refractivity contribution < 1.29 is 0 Å². The Kier molecular flexibility index (Phi) is 2.87. The van der Waals surface area contributed by atoms with Gasteiger partial charge in [-0.15, -0.1) is 0 Å². The Hall–Kier alpha value is 0.310. The summed E-state index contributed by atoms with van der Waals surface area (Å²) >= 11 is 22.2. The number of nitrogens with zero attached hydrogens (tertiary/aromatic N) is 1. The van der Waals surface area contributed by atoms with E-state index < -0.39 is 3.79 Å². The number of aromatic nitrogens is 1. The lowest BCUT2D eigenvalue weighted by Gasteiger charge is -2.08. The van der Waals surface area contributed by atoms with Crippen LogP contribution in [0.2, 0.25) is 5.02 Å². The molecule has 0 atom stereocenters. The Morgan fingerprint density at radius 3 is 2.18 bits per heavy atom. The van der Waals surface area contributed by atoms with E-state index in [0.29, 0.717) is 10.7 Å². The van der Waals surface area contributed by atoms with Crippen LogP contribution in [0.4, 0.5) is 0 Å². The molecule has 0 aliphatic heterocycles. The van der Waals surface area contributed by atoms with Gasteiger partial charge in [0.2, 0.25) is 3.79 Å². The molecule has 1 nitrogen and oxygen atoms in total. The molecule has 0 bridgehead atoms. The van der Waals surface area contributed by atoms with E-state index in [9.17, 15) is 0 Å². The first-order valence-corrected chi connectivity index (χ1v) is 4.20. The smallest absolute Gasteiger partial charge is 0.232 e. The Bertz CT molecular complexity index is 238. The maximum absolute atomic E-state index is 5.57. The quantitative estimate of drug-likeness (QED) is 0.622. The highest BCUT2D eigenvalue weighted by atomic mass is 35.6. The van der Waals surface area contributed by atoms with E-state index in [-0.39, 0.29) is 0 Å². The first kappa shape index (κ1) is 9.40. The predicted octanol–water partition coefficient (Wildman–Crippen LogP) is 3.56. The average molecular weight is 231 g/mol. The number of halogens is 4. The molecule has 0 amide bonds. The largest absolute Gasteiger partial charge is 0.255 e. The zero-order valence-electron chi connectivity index (χ0n) is 5.19. The topological polar surface area (TPSA) is 12.9 Å². The van der Waals surface area contributed by atoms with Crippen molar-refractivity contribution in [3.8, 4) is 0 Å². The molecule has 0 saturated heterocycles. The zero-order chi connectivity index (χ0) is 8.48. The second kappa shape index (κ2) is 3.36. The van der Waals surface area contributed by atoms with Gasteiger partial charge in [-0.05, 0) is 12.1 Å². The lowest BCUT2D eigenvalue weighted by atomic mass is 10.4. The minimum atomic E-state index is -1.47. The molecule has 11 heavy (non-hydrogen) atoms. The summed E-state index contributed by atoms with van der Waals surface area (Å²) in [5.41, 5.74) is 0.368. The van der Waals surface area contributed by atoms with Gasteiger partial charge in [-0.3, -0.25) is 4.98 Å². The number of alkyl halides is 3. The maximum atomic E-state index is 5.57. The fraction of sp³-hybridized carbons (Fsp3) is 0.167. The third kappa shape index (κ3) is 2.68. The summed E-state index contributed by atoms with van der Waals surface area (Å²) < 4.78 is -1.47. The van der Waals surface area contributed by atoms with Crippen LogP contribution < -0.4 is 0 Å². The Morgan fingerprint density at radius 1 is 1.18 bits per heavy atom. The van der Waals surface area contributed by atoms with E-state index in [4.69, 9.17) is 46.4 Å². The molecule has 0 aromatic carbocycles. The van der Waals surface area contributed by atoms with Crippen LogP contribution in [0.25, 0.3) is 0 Å². The van der Waals surface area contributed by atoms with Gasteiger partial charge in [-0.25, -0.2) is 0 Å². The summed E-state index contributed by atoms with van der Waals surface area (Å²) in [5.74, 6) is 0. The fourth-order valence-corrected chi connectivity index (χ4v) is 0.991. The number of hydrogen-bond donors (Lipinski definition) is 0. The van der Waals surface area contributed by atoms with E-state index in [0.717, 1.165) is 0 Å². The summed E-state index contributed by atoms with van der Waals surface area (Å²) in [7, 11) is 0. The van der Waals surface area contributed by atoms with E-state index in [1.165, 1.54) is 6.20 Å². The first-order chi connectivity index (χ1) is 5.00. The lowest BCUT2D eigenvalue weighted by molar-refractivity contribution is 1.09. The molecule has 0 aliphatic carbocycles. The maximum Gasteiger partial charge on any atom is 0.232 e. The van der Waals surface area contributed by atoms with Crippen LogP contribution in [0.15, 0.2) is 18.3 Å². The molecule has 1 aromatic rings. The summed E-state index contributed by atoms with van der Waals surface area (Å²) in [6.45, 7) is 0. The summed E-state index contributed by atoms with van der Waals surface area (Å²) in [6.07, 6.45) is 1.43. The molecule has 0 saturated carbocycles. The van der Waals surface area contributed by atoms with Gasteiger partial charge >= 0.3 is 0 Å². The average Bonchev–Trinajstić information content (AvgIpc) is 1.86. The van der Waals surface area contributed by atoms with Crippen LogP contribution in [0.3, 0.4) is 0 Å². The van der Waals surface area contributed by atoms with Gasteiger partial charge in [-0.2, -0.15) is 0 Å². The minimum absolute atomic E-state index is 0.368. The highest BCUT2D eigenvalue weighted by Crippen LogP contribution is 2.36. The highest BCUT2D eigenvalue weighted by molar-refractivity contribution is 6.66. The van der Waals surface area contributed by atoms with Crippen LogP contribution >= 0.6 is 46.4 Å². The molecule has 0 radical (unpaired) electrons. The van der Waals surface area contributed by atoms with Crippen molar-refractivity contribution >= 4 is 46.4 Å². The molecule has 60 valence electrons. The van der Waals surface area contributed by atoms with Crippen LogP contribution in [0.5, 0.6) is 0 Å². The van der Waals surface area contributed by atoms with Crippen LogP contribution in [0, 0.1) is 0 Å². The van der Waals surface area contributed by atoms with Crippen molar-refractivity contribution in [3.05, 3.63) is 29.0 Å². The molecule has 0 spiro atoms.